The number of carbonyl (C=O) groups is 1. The van der Waals surface area contributed by atoms with Gasteiger partial charge in [0.25, 0.3) is 0 Å². The molecular formula is C20H21N3O3. The summed E-state index contributed by atoms with van der Waals surface area (Å²) in [6.07, 6.45) is 2.88. The van der Waals surface area contributed by atoms with Crippen LogP contribution in [0.15, 0.2) is 47.1 Å². The van der Waals surface area contributed by atoms with Crippen molar-refractivity contribution in [2.45, 2.75) is 25.8 Å². The number of ether oxygens (including phenoxy) is 1. The van der Waals surface area contributed by atoms with E-state index in [1.807, 2.05) is 31.3 Å². The fraction of sp³-hybridized carbons (Fsp3) is 0.350. The minimum absolute atomic E-state index is 0.00144. The predicted molar refractivity (Wildman–Crippen MR) is 96.6 cm³/mol. The summed E-state index contributed by atoms with van der Waals surface area (Å²) in [5.74, 6) is 0.748. The number of nitrogens with zero attached hydrogens (tertiary/aromatic N) is 2. The van der Waals surface area contributed by atoms with Gasteiger partial charge in [-0.1, -0.05) is 23.4 Å². The molecule has 1 saturated heterocycles. The largest absolute Gasteiger partial charge is 0.379 e. The Balaban J connectivity index is 1.44. The number of pyridine rings is 1. The predicted octanol–water partition coefficient (Wildman–Crippen LogP) is 2.45. The molecule has 1 aromatic carbocycles. The second kappa shape index (κ2) is 7.25. The van der Waals surface area contributed by atoms with Crippen molar-refractivity contribution in [2.75, 3.05) is 13.2 Å². The van der Waals surface area contributed by atoms with Crippen molar-refractivity contribution in [2.24, 2.45) is 5.92 Å². The average Bonchev–Trinajstić information content (AvgIpc) is 3.24. The van der Waals surface area contributed by atoms with E-state index in [-0.39, 0.29) is 24.3 Å². The van der Waals surface area contributed by atoms with Gasteiger partial charge in [-0.3, -0.25) is 9.78 Å². The minimum Gasteiger partial charge on any atom is -0.379 e. The van der Waals surface area contributed by atoms with Crippen molar-refractivity contribution < 1.29 is 14.1 Å². The van der Waals surface area contributed by atoms with E-state index in [2.05, 4.69) is 27.6 Å². The fourth-order valence-corrected chi connectivity index (χ4v) is 3.49. The number of amides is 1. The number of aromatic nitrogens is 2. The molecule has 6 heteroatoms. The van der Waals surface area contributed by atoms with Crippen molar-refractivity contribution in [1.29, 1.82) is 0 Å². The van der Waals surface area contributed by atoms with Crippen LogP contribution in [0.4, 0.5) is 0 Å². The van der Waals surface area contributed by atoms with Gasteiger partial charge < -0.3 is 14.6 Å². The van der Waals surface area contributed by atoms with Crippen molar-refractivity contribution >= 4 is 16.8 Å². The average molecular weight is 351 g/mol. The zero-order valence-electron chi connectivity index (χ0n) is 14.6. The first-order valence-electron chi connectivity index (χ1n) is 8.81. The number of hydrogen-bond donors (Lipinski definition) is 1. The molecule has 26 heavy (non-hydrogen) atoms. The highest BCUT2D eigenvalue weighted by Gasteiger charge is 2.30. The first kappa shape index (κ1) is 16.7. The van der Waals surface area contributed by atoms with Crippen LogP contribution in [0.2, 0.25) is 0 Å². The molecule has 1 N–H and O–H groups in total. The molecule has 0 spiro atoms. The van der Waals surface area contributed by atoms with Crippen LogP contribution in [-0.2, 0) is 22.4 Å². The van der Waals surface area contributed by atoms with Gasteiger partial charge in [-0.2, -0.15) is 0 Å². The lowest BCUT2D eigenvalue weighted by Crippen LogP contribution is -2.41. The van der Waals surface area contributed by atoms with Gasteiger partial charge in [0.2, 0.25) is 5.91 Å². The third-order valence-electron chi connectivity index (χ3n) is 4.78. The van der Waals surface area contributed by atoms with E-state index in [0.717, 1.165) is 23.0 Å². The van der Waals surface area contributed by atoms with Gasteiger partial charge in [0.05, 0.1) is 36.9 Å². The number of aryl methyl sites for hydroxylation is 1. The first-order chi connectivity index (χ1) is 12.7. The van der Waals surface area contributed by atoms with Gasteiger partial charge in [-0.25, -0.2) is 0 Å². The second-order valence-corrected chi connectivity index (χ2v) is 6.77. The Bertz CT molecular complexity index is 916. The van der Waals surface area contributed by atoms with Crippen LogP contribution >= 0.6 is 0 Å². The summed E-state index contributed by atoms with van der Waals surface area (Å²) in [6.45, 7) is 3.02. The third-order valence-corrected chi connectivity index (χ3v) is 4.78. The Morgan fingerprint density at radius 2 is 2.15 bits per heavy atom. The van der Waals surface area contributed by atoms with E-state index >= 15 is 0 Å². The van der Waals surface area contributed by atoms with Crippen LogP contribution in [0.1, 0.15) is 17.0 Å². The van der Waals surface area contributed by atoms with Crippen LogP contribution in [0, 0.1) is 12.8 Å². The normalized spacial score (nSPS) is 19.7. The van der Waals surface area contributed by atoms with Gasteiger partial charge in [0.15, 0.2) is 0 Å². The molecule has 134 valence electrons. The molecule has 0 unspecified atom stereocenters. The number of para-hydroxylation sites is 1. The van der Waals surface area contributed by atoms with Crippen LogP contribution in [0.3, 0.4) is 0 Å². The molecule has 1 amide bonds. The molecule has 0 radical (unpaired) electrons. The van der Waals surface area contributed by atoms with Crippen molar-refractivity contribution in [3.05, 3.63) is 59.6 Å². The van der Waals surface area contributed by atoms with Crippen LogP contribution in [0.5, 0.6) is 0 Å². The summed E-state index contributed by atoms with van der Waals surface area (Å²) in [5, 5.41) is 8.06. The van der Waals surface area contributed by atoms with E-state index in [4.69, 9.17) is 9.26 Å². The highest BCUT2D eigenvalue weighted by molar-refractivity contribution is 5.82. The smallest absolute Gasteiger partial charge is 0.228 e. The number of nitrogens with one attached hydrogen (secondary N) is 1. The molecule has 0 saturated carbocycles. The maximum atomic E-state index is 12.3. The summed E-state index contributed by atoms with van der Waals surface area (Å²) in [5.41, 5.74) is 3.00. The Morgan fingerprint density at radius 1 is 1.27 bits per heavy atom. The molecule has 1 fully saturated rings. The molecular weight excluding hydrogens is 330 g/mol. The Kier molecular flexibility index (Phi) is 4.67. The van der Waals surface area contributed by atoms with Gasteiger partial charge in [0.1, 0.15) is 5.76 Å². The van der Waals surface area contributed by atoms with Gasteiger partial charge >= 0.3 is 0 Å². The van der Waals surface area contributed by atoms with Crippen LogP contribution in [0.25, 0.3) is 10.9 Å². The molecule has 2 atom stereocenters. The summed E-state index contributed by atoms with van der Waals surface area (Å²) in [7, 11) is 0. The van der Waals surface area contributed by atoms with Gasteiger partial charge in [-0.05, 0) is 31.0 Å². The zero-order valence-corrected chi connectivity index (χ0v) is 14.6. The van der Waals surface area contributed by atoms with Crippen LogP contribution < -0.4 is 5.32 Å². The lowest BCUT2D eigenvalue weighted by molar-refractivity contribution is -0.121. The molecule has 3 aromatic rings. The molecule has 3 heterocycles. The molecule has 6 nitrogen and oxygen atoms in total. The molecule has 4 rings (SSSR count). The lowest BCUT2D eigenvalue weighted by Gasteiger charge is -2.19. The van der Waals surface area contributed by atoms with Crippen molar-refractivity contribution in [3.63, 3.8) is 0 Å². The molecule has 1 aliphatic rings. The lowest BCUT2D eigenvalue weighted by atomic mass is 9.93. The van der Waals surface area contributed by atoms with E-state index in [0.29, 0.717) is 19.0 Å². The third kappa shape index (κ3) is 3.60. The van der Waals surface area contributed by atoms with E-state index < -0.39 is 0 Å². The monoisotopic (exact) mass is 351 g/mol. The topological polar surface area (TPSA) is 77.2 Å². The van der Waals surface area contributed by atoms with Crippen molar-refractivity contribution in [3.8, 4) is 0 Å². The highest BCUT2D eigenvalue weighted by atomic mass is 16.5. The quantitative estimate of drug-likeness (QED) is 0.764. The summed E-state index contributed by atoms with van der Waals surface area (Å²) in [6, 6.07) is 12.0. The Labute approximate surface area is 151 Å². The van der Waals surface area contributed by atoms with Gasteiger partial charge in [-0.15, -0.1) is 0 Å². The summed E-state index contributed by atoms with van der Waals surface area (Å²) in [4.78, 5) is 16.7. The molecule has 0 bridgehead atoms. The van der Waals surface area contributed by atoms with E-state index in [9.17, 15) is 4.79 Å². The number of rotatable bonds is 5. The van der Waals surface area contributed by atoms with E-state index in [1.165, 1.54) is 5.56 Å². The number of fused-ring (bicyclic) bond motifs is 1. The molecule has 2 aromatic heterocycles. The maximum absolute atomic E-state index is 12.3. The molecule has 0 aliphatic carbocycles. The Morgan fingerprint density at radius 3 is 3.00 bits per heavy atom. The highest BCUT2D eigenvalue weighted by Crippen LogP contribution is 2.24. The standard InChI is InChI=1S/C20H21N3O3/c1-13-8-16(26-23-13)10-20(24)22-19-12-25-11-15(19)9-14-6-7-21-18-5-3-2-4-17(14)18/h2-8,15,19H,9-12H2,1H3,(H,22,24)/t15-,19-/m1/s1. The SMILES string of the molecule is Cc1cc(CC(=O)N[C@@H]2COC[C@H]2Cc2ccnc3ccccc23)on1. The second-order valence-electron chi connectivity index (χ2n) is 6.77. The summed E-state index contributed by atoms with van der Waals surface area (Å²) < 4.78 is 10.8. The van der Waals surface area contributed by atoms with Crippen LogP contribution in [-0.4, -0.2) is 35.3 Å². The first-order valence-corrected chi connectivity index (χ1v) is 8.81. The summed E-state index contributed by atoms with van der Waals surface area (Å²) >= 11 is 0. The van der Waals surface area contributed by atoms with Gasteiger partial charge in [0, 0.05) is 23.6 Å². The van der Waals surface area contributed by atoms with E-state index in [1.54, 1.807) is 6.07 Å². The fourth-order valence-electron chi connectivity index (χ4n) is 3.49. The Hall–Kier alpha value is -2.73. The number of benzene rings is 1. The zero-order chi connectivity index (χ0) is 17.9. The maximum Gasteiger partial charge on any atom is 0.228 e. The molecule has 1 aliphatic heterocycles. The minimum atomic E-state index is -0.0683. The number of hydrogen-bond acceptors (Lipinski definition) is 5. The number of carbonyl (C=O) groups excluding carboxylic acids is 1. The van der Waals surface area contributed by atoms with Crippen molar-refractivity contribution in [1.82, 2.24) is 15.5 Å².